The Balaban J connectivity index is 1.57. The first-order valence-electron chi connectivity index (χ1n) is 14.7. The van der Waals surface area contributed by atoms with Gasteiger partial charge in [0.15, 0.2) is 5.79 Å². The molecule has 7 atom stereocenters. The molecule has 1 N–H and O–H groups in total. The van der Waals surface area contributed by atoms with Gasteiger partial charge in [0.25, 0.3) is 8.32 Å². The maximum absolute atomic E-state index is 11.8. The molecule has 2 aromatic rings. The van der Waals surface area contributed by atoms with Gasteiger partial charge < -0.3 is 19.0 Å². The van der Waals surface area contributed by atoms with E-state index in [0.717, 1.165) is 25.7 Å². The van der Waals surface area contributed by atoms with Crippen LogP contribution < -0.4 is 10.4 Å². The molecular weight excluding hydrogens is 504 g/mol. The van der Waals surface area contributed by atoms with Crippen LogP contribution in [0.4, 0.5) is 0 Å². The van der Waals surface area contributed by atoms with E-state index in [9.17, 15) is 9.90 Å². The largest absolute Gasteiger partial charge is 0.481 e. The van der Waals surface area contributed by atoms with Gasteiger partial charge in [-0.1, -0.05) is 102 Å². The molecule has 0 radical (unpaired) electrons. The van der Waals surface area contributed by atoms with E-state index < -0.39 is 26.0 Å². The summed E-state index contributed by atoms with van der Waals surface area (Å²) < 4.78 is 20.7. The molecule has 214 valence electrons. The SMILES string of the molecule is CC1CCC2(OC1CCO[Si](c1ccccc1)(c1ccccc1)C(C)(C)C)OC(C(C)C(=O)O)C(C)CC2C. The summed E-state index contributed by atoms with van der Waals surface area (Å²) >= 11 is 0. The van der Waals surface area contributed by atoms with Crippen LogP contribution in [0.1, 0.15) is 74.1 Å². The Morgan fingerprint density at radius 2 is 1.56 bits per heavy atom. The van der Waals surface area contributed by atoms with Gasteiger partial charge in [0, 0.05) is 18.9 Å². The van der Waals surface area contributed by atoms with Gasteiger partial charge >= 0.3 is 5.97 Å². The summed E-state index contributed by atoms with van der Waals surface area (Å²) in [4.78, 5) is 11.8. The van der Waals surface area contributed by atoms with Crippen LogP contribution >= 0.6 is 0 Å². The average Bonchev–Trinajstić information content (AvgIpc) is 2.90. The second kappa shape index (κ2) is 11.9. The van der Waals surface area contributed by atoms with E-state index in [1.54, 1.807) is 6.92 Å². The van der Waals surface area contributed by atoms with Crippen molar-refractivity contribution in [3.63, 3.8) is 0 Å². The molecule has 7 unspecified atom stereocenters. The van der Waals surface area contributed by atoms with Crippen molar-refractivity contribution in [3.8, 4) is 0 Å². The van der Waals surface area contributed by atoms with Crippen molar-refractivity contribution >= 4 is 24.7 Å². The van der Waals surface area contributed by atoms with Crippen molar-refractivity contribution in [2.24, 2.45) is 23.7 Å². The number of benzene rings is 2. The number of hydrogen-bond donors (Lipinski definition) is 1. The highest BCUT2D eigenvalue weighted by Crippen LogP contribution is 2.48. The molecule has 0 aromatic heterocycles. The number of aliphatic carboxylic acids is 1. The predicted molar refractivity (Wildman–Crippen MR) is 159 cm³/mol. The van der Waals surface area contributed by atoms with Crippen molar-refractivity contribution < 1.29 is 23.8 Å². The Morgan fingerprint density at radius 3 is 2.08 bits per heavy atom. The highest BCUT2D eigenvalue weighted by molar-refractivity contribution is 6.99. The first-order chi connectivity index (χ1) is 18.4. The quantitative estimate of drug-likeness (QED) is 0.393. The van der Waals surface area contributed by atoms with Gasteiger partial charge in [-0.25, -0.2) is 0 Å². The van der Waals surface area contributed by atoms with Crippen molar-refractivity contribution in [2.45, 2.75) is 97.2 Å². The second-order valence-electron chi connectivity index (χ2n) is 13.1. The molecular formula is C33H48O5Si. The zero-order chi connectivity index (χ0) is 28.4. The Kier molecular flexibility index (Phi) is 9.11. The zero-order valence-corrected chi connectivity index (χ0v) is 25.9. The molecule has 6 heteroatoms. The smallest absolute Gasteiger partial charge is 0.308 e. The molecule has 39 heavy (non-hydrogen) atoms. The van der Waals surface area contributed by atoms with E-state index in [0.29, 0.717) is 12.5 Å². The van der Waals surface area contributed by atoms with Gasteiger partial charge in [-0.05, 0) is 53.4 Å². The van der Waals surface area contributed by atoms with Gasteiger partial charge in [-0.15, -0.1) is 0 Å². The van der Waals surface area contributed by atoms with Crippen LogP contribution in [-0.4, -0.2) is 44.0 Å². The van der Waals surface area contributed by atoms with Crippen molar-refractivity contribution in [1.82, 2.24) is 0 Å². The minimum absolute atomic E-state index is 0.00592. The predicted octanol–water partition coefficient (Wildman–Crippen LogP) is 6.25. The molecule has 2 aliphatic rings. The number of carboxylic acid groups (broad SMARTS) is 1. The lowest BCUT2D eigenvalue weighted by Gasteiger charge is -2.53. The van der Waals surface area contributed by atoms with Gasteiger partial charge in [0.2, 0.25) is 0 Å². The topological polar surface area (TPSA) is 65.0 Å². The van der Waals surface area contributed by atoms with Gasteiger partial charge in [-0.2, -0.15) is 0 Å². The summed E-state index contributed by atoms with van der Waals surface area (Å²) in [5, 5.41) is 12.2. The first-order valence-corrected chi connectivity index (χ1v) is 16.7. The molecule has 2 aliphatic heterocycles. The van der Waals surface area contributed by atoms with Crippen LogP contribution in [-0.2, 0) is 18.7 Å². The summed E-state index contributed by atoms with van der Waals surface area (Å²) in [6.07, 6.45) is 3.13. The minimum atomic E-state index is -2.62. The molecule has 2 fully saturated rings. The minimum Gasteiger partial charge on any atom is -0.481 e. The molecule has 0 bridgehead atoms. The van der Waals surface area contributed by atoms with Crippen LogP contribution in [0.2, 0.25) is 5.04 Å². The van der Waals surface area contributed by atoms with E-state index in [2.05, 4.69) is 102 Å². The standard InChI is InChI=1S/C33H48O5Si/c1-23-18-20-33(25(3)22-24(2)30(38-33)26(4)31(34)35)37-29(23)19-21-36-39(32(5,6)7,27-14-10-8-11-15-27)28-16-12-9-13-17-28/h8-17,23-26,29-30H,18-22H2,1-7H3,(H,34,35). The summed E-state index contributed by atoms with van der Waals surface area (Å²) in [6.45, 7) is 15.8. The highest BCUT2D eigenvalue weighted by Gasteiger charge is 2.53. The molecule has 4 rings (SSSR count). The number of rotatable bonds is 8. The van der Waals surface area contributed by atoms with Crippen LogP contribution in [0.5, 0.6) is 0 Å². The van der Waals surface area contributed by atoms with E-state index in [1.807, 2.05) is 0 Å². The molecule has 0 saturated carbocycles. The molecule has 1 spiro atoms. The fraction of sp³-hybridized carbons (Fsp3) is 0.606. The maximum Gasteiger partial charge on any atom is 0.308 e. The van der Waals surface area contributed by atoms with Crippen molar-refractivity contribution in [1.29, 1.82) is 0 Å². The van der Waals surface area contributed by atoms with Gasteiger partial charge in [0.05, 0.1) is 18.1 Å². The van der Waals surface area contributed by atoms with E-state index in [1.165, 1.54) is 10.4 Å². The molecule has 0 aliphatic carbocycles. The Morgan fingerprint density at radius 1 is 1.00 bits per heavy atom. The lowest BCUT2D eigenvalue weighted by Crippen LogP contribution is -2.66. The zero-order valence-electron chi connectivity index (χ0n) is 24.9. The first kappa shape index (κ1) is 30.0. The van der Waals surface area contributed by atoms with Gasteiger partial charge in [0.1, 0.15) is 0 Å². The van der Waals surface area contributed by atoms with E-state index in [-0.39, 0.29) is 29.1 Å². The lowest BCUT2D eigenvalue weighted by atomic mass is 9.76. The lowest BCUT2D eigenvalue weighted by molar-refractivity contribution is -0.357. The third kappa shape index (κ3) is 5.90. The van der Waals surface area contributed by atoms with Gasteiger partial charge in [-0.3, -0.25) is 4.79 Å². The van der Waals surface area contributed by atoms with Crippen LogP contribution in [0, 0.1) is 23.7 Å². The molecule has 2 saturated heterocycles. The van der Waals surface area contributed by atoms with Crippen LogP contribution in [0.3, 0.4) is 0 Å². The summed E-state index contributed by atoms with van der Waals surface area (Å²) in [5.74, 6) is -1.34. The summed E-state index contributed by atoms with van der Waals surface area (Å²) in [5.41, 5.74) is 0. The highest BCUT2D eigenvalue weighted by atomic mass is 28.4. The fourth-order valence-electron chi connectivity index (χ4n) is 7.00. The average molecular weight is 553 g/mol. The van der Waals surface area contributed by atoms with E-state index >= 15 is 0 Å². The number of carbonyl (C=O) groups is 1. The fourth-order valence-corrected chi connectivity index (χ4v) is 11.6. The van der Waals surface area contributed by atoms with Crippen LogP contribution in [0.15, 0.2) is 60.7 Å². The Hall–Kier alpha value is -1.99. The van der Waals surface area contributed by atoms with E-state index in [4.69, 9.17) is 13.9 Å². The molecule has 0 amide bonds. The number of ether oxygens (including phenoxy) is 2. The monoisotopic (exact) mass is 552 g/mol. The van der Waals surface area contributed by atoms with Crippen molar-refractivity contribution in [3.05, 3.63) is 60.7 Å². The molecule has 5 nitrogen and oxygen atoms in total. The normalized spacial score (nSPS) is 30.7. The molecule has 2 heterocycles. The molecule has 2 aromatic carbocycles. The van der Waals surface area contributed by atoms with Crippen LogP contribution in [0.25, 0.3) is 0 Å². The maximum atomic E-state index is 11.8. The third-order valence-electron chi connectivity index (χ3n) is 9.33. The third-order valence-corrected chi connectivity index (χ3v) is 14.4. The summed E-state index contributed by atoms with van der Waals surface area (Å²) in [6, 6.07) is 21.5. The Labute approximate surface area is 236 Å². The van der Waals surface area contributed by atoms with Crippen molar-refractivity contribution in [2.75, 3.05) is 6.61 Å². The number of carboxylic acids is 1. The number of hydrogen-bond acceptors (Lipinski definition) is 4. The Bertz CT molecular complexity index is 1040. The second-order valence-corrected chi connectivity index (χ2v) is 17.4. The summed E-state index contributed by atoms with van der Waals surface area (Å²) in [7, 11) is -2.62.